The Morgan fingerprint density at radius 2 is 1.86 bits per heavy atom. The van der Waals surface area contributed by atoms with Crippen LogP contribution in [0.25, 0.3) is 0 Å². The molecule has 0 saturated carbocycles. The number of amides is 1. The van der Waals surface area contributed by atoms with Crippen molar-refractivity contribution in [2.75, 3.05) is 39.3 Å². The average molecular weight is 501 g/mol. The lowest BCUT2D eigenvalue weighted by Crippen LogP contribution is -2.49. The van der Waals surface area contributed by atoms with Gasteiger partial charge in [-0.25, -0.2) is 4.99 Å². The first kappa shape index (κ1) is 24.7. The molecule has 3 N–H and O–H groups in total. The molecule has 0 spiro atoms. The molecule has 0 bridgehead atoms. The Hall–Kier alpha value is -1.35. The van der Waals surface area contributed by atoms with Crippen molar-refractivity contribution in [3.05, 3.63) is 35.9 Å². The first-order valence-corrected chi connectivity index (χ1v) is 10.3. The van der Waals surface area contributed by atoms with Gasteiger partial charge in [0.15, 0.2) is 5.96 Å². The summed E-state index contributed by atoms with van der Waals surface area (Å²) in [5.74, 6) is 0.700. The van der Waals surface area contributed by atoms with Gasteiger partial charge in [-0.15, -0.1) is 24.0 Å². The largest absolute Gasteiger partial charge is 0.357 e. The molecule has 1 fully saturated rings. The molecule has 2 rings (SSSR count). The predicted octanol–water partition coefficient (Wildman–Crippen LogP) is 2.39. The van der Waals surface area contributed by atoms with Gasteiger partial charge in [-0.2, -0.15) is 0 Å². The normalized spacial score (nSPS) is 15.6. The molecule has 0 atom stereocenters. The van der Waals surface area contributed by atoms with Crippen LogP contribution in [0.15, 0.2) is 35.3 Å². The minimum Gasteiger partial charge on any atom is -0.357 e. The van der Waals surface area contributed by atoms with Gasteiger partial charge >= 0.3 is 0 Å². The van der Waals surface area contributed by atoms with Gasteiger partial charge in [-0.3, -0.25) is 4.79 Å². The maximum absolute atomic E-state index is 12.1. The SMILES string of the molecule is CCCN1CCC(NC(=NCC(=O)NCCc2ccccc2)NCC)CC1.I. The fourth-order valence-electron chi connectivity index (χ4n) is 3.33. The number of guanidine groups is 1. The van der Waals surface area contributed by atoms with Crippen LogP contribution in [0.3, 0.4) is 0 Å². The maximum Gasteiger partial charge on any atom is 0.241 e. The van der Waals surface area contributed by atoms with Gasteiger partial charge in [0.1, 0.15) is 6.54 Å². The summed E-state index contributed by atoms with van der Waals surface area (Å²) in [7, 11) is 0. The van der Waals surface area contributed by atoms with Crippen molar-refractivity contribution in [2.45, 2.75) is 45.6 Å². The van der Waals surface area contributed by atoms with Crippen molar-refractivity contribution in [2.24, 2.45) is 4.99 Å². The minimum atomic E-state index is -0.0408. The number of hydrogen-bond acceptors (Lipinski definition) is 3. The number of benzene rings is 1. The molecule has 1 aliphatic heterocycles. The average Bonchev–Trinajstić information content (AvgIpc) is 2.69. The second-order valence-electron chi connectivity index (χ2n) is 7.04. The third kappa shape index (κ3) is 9.73. The molecule has 6 nitrogen and oxygen atoms in total. The zero-order valence-corrected chi connectivity index (χ0v) is 19.6. The highest BCUT2D eigenvalue weighted by Crippen LogP contribution is 2.10. The van der Waals surface area contributed by atoms with Crippen LogP contribution in [0.5, 0.6) is 0 Å². The van der Waals surface area contributed by atoms with E-state index in [0.717, 1.165) is 44.9 Å². The maximum atomic E-state index is 12.1. The van der Waals surface area contributed by atoms with Crippen LogP contribution in [0.1, 0.15) is 38.7 Å². The molecule has 1 saturated heterocycles. The Bertz CT molecular complexity index is 573. The molecule has 0 unspecified atom stereocenters. The summed E-state index contributed by atoms with van der Waals surface area (Å²) in [6.07, 6.45) is 4.29. The van der Waals surface area contributed by atoms with E-state index in [1.54, 1.807) is 0 Å². The van der Waals surface area contributed by atoms with Crippen LogP contribution in [0.2, 0.25) is 0 Å². The van der Waals surface area contributed by atoms with Crippen LogP contribution >= 0.6 is 24.0 Å². The summed E-state index contributed by atoms with van der Waals surface area (Å²) in [6.45, 7) is 9.29. The molecular weight excluding hydrogens is 465 g/mol. The number of rotatable bonds is 9. The quantitative estimate of drug-likeness (QED) is 0.276. The van der Waals surface area contributed by atoms with Crippen LogP contribution in [-0.4, -0.2) is 62.1 Å². The van der Waals surface area contributed by atoms with Crippen LogP contribution in [-0.2, 0) is 11.2 Å². The van der Waals surface area contributed by atoms with Crippen molar-refractivity contribution in [1.29, 1.82) is 0 Å². The molecule has 1 amide bonds. The van der Waals surface area contributed by atoms with Crippen LogP contribution in [0, 0.1) is 0 Å². The van der Waals surface area contributed by atoms with Gasteiger partial charge in [0, 0.05) is 32.2 Å². The number of halogens is 1. The topological polar surface area (TPSA) is 68.8 Å². The minimum absolute atomic E-state index is 0. The van der Waals surface area contributed by atoms with Crippen LogP contribution in [0.4, 0.5) is 0 Å². The molecule has 7 heteroatoms. The second kappa shape index (κ2) is 14.6. The Labute approximate surface area is 187 Å². The number of nitrogens with one attached hydrogen (secondary N) is 3. The Balaban J connectivity index is 0.00000392. The Morgan fingerprint density at radius 1 is 1.14 bits per heavy atom. The molecule has 158 valence electrons. The van der Waals surface area contributed by atoms with E-state index < -0.39 is 0 Å². The monoisotopic (exact) mass is 501 g/mol. The van der Waals surface area contributed by atoms with E-state index in [-0.39, 0.29) is 36.4 Å². The molecule has 1 aliphatic rings. The van der Waals surface area contributed by atoms with E-state index in [0.29, 0.717) is 12.6 Å². The summed E-state index contributed by atoms with van der Waals surface area (Å²) in [4.78, 5) is 19.0. The Morgan fingerprint density at radius 3 is 2.50 bits per heavy atom. The van der Waals surface area contributed by atoms with Crippen molar-refractivity contribution < 1.29 is 4.79 Å². The molecule has 0 radical (unpaired) electrons. The van der Waals surface area contributed by atoms with E-state index in [2.05, 4.69) is 44.9 Å². The van der Waals surface area contributed by atoms with Gasteiger partial charge in [0.25, 0.3) is 0 Å². The lowest BCUT2D eigenvalue weighted by atomic mass is 10.1. The van der Waals surface area contributed by atoms with Gasteiger partial charge < -0.3 is 20.9 Å². The summed E-state index contributed by atoms with van der Waals surface area (Å²) >= 11 is 0. The van der Waals surface area contributed by atoms with Gasteiger partial charge in [0.2, 0.25) is 5.91 Å². The van der Waals surface area contributed by atoms with Crippen molar-refractivity contribution in [1.82, 2.24) is 20.9 Å². The van der Waals surface area contributed by atoms with Gasteiger partial charge in [0.05, 0.1) is 0 Å². The van der Waals surface area contributed by atoms with Crippen molar-refractivity contribution in [3.8, 4) is 0 Å². The lowest BCUT2D eigenvalue weighted by Gasteiger charge is -2.32. The molecule has 1 aromatic carbocycles. The fraction of sp³-hybridized carbons (Fsp3) is 0.619. The third-order valence-electron chi connectivity index (χ3n) is 4.77. The highest BCUT2D eigenvalue weighted by atomic mass is 127. The highest BCUT2D eigenvalue weighted by molar-refractivity contribution is 14.0. The van der Waals surface area contributed by atoms with E-state index >= 15 is 0 Å². The van der Waals surface area contributed by atoms with Crippen LogP contribution < -0.4 is 16.0 Å². The van der Waals surface area contributed by atoms with E-state index in [9.17, 15) is 4.79 Å². The number of piperidine rings is 1. The highest BCUT2D eigenvalue weighted by Gasteiger charge is 2.19. The second-order valence-corrected chi connectivity index (χ2v) is 7.04. The van der Waals surface area contributed by atoms with E-state index in [1.165, 1.54) is 18.5 Å². The molecule has 28 heavy (non-hydrogen) atoms. The standard InChI is InChI=1S/C21H35N5O.HI/c1-3-14-26-15-11-19(12-16-26)25-21(22-4-2)24-17-20(27)23-13-10-18-8-6-5-7-9-18;/h5-9,19H,3-4,10-17H2,1-2H3,(H,23,27)(H2,22,24,25);1H. The first-order valence-electron chi connectivity index (χ1n) is 10.3. The zero-order chi connectivity index (χ0) is 19.3. The molecule has 0 aromatic heterocycles. The molecular formula is C21H36IN5O. The first-order chi connectivity index (χ1) is 13.2. The third-order valence-corrected chi connectivity index (χ3v) is 4.77. The van der Waals surface area contributed by atoms with Crippen molar-refractivity contribution in [3.63, 3.8) is 0 Å². The van der Waals surface area contributed by atoms with E-state index in [4.69, 9.17) is 0 Å². The van der Waals surface area contributed by atoms with E-state index in [1.807, 2.05) is 25.1 Å². The molecule has 0 aliphatic carbocycles. The summed E-state index contributed by atoms with van der Waals surface area (Å²) in [5.41, 5.74) is 1.23. The lowest BCUT2D eigenvalue weighted by molar-refractivity contribution is -0.119. The van der Waals surface area contributed by atoms with Gasteiger partial charge in [-0.05, 0) is 44.7 Å². The number of carbonyl (C=O) groups excluding carboxylic acids is 1. The Kier molecular flexibility index (Phi) is 12.9. The molecule has 1 aromatic rings. The van der Waals surface area contributed by atoms with Crippen molar-refractivity contribution >= 4 is 35.8 Å². The number of carbonyl (C=O) groups is 1. The number of nitrogens with zero attached hydrogens (tertiary/aromatic N) is 2. The number of hydrogen-bond donors (Lipinski definition) is 3. The molecule has 1 heterocycles. The predicted molar refractivity (Wildman–Crippen MR) is 127 cm³/mol. The summed E-state index contributed by atoms with van der Waals surface area (Å²) in [5, 5.41) is 9.68. The smallest absolute Gasteiger partial charge is 0.241 e. The number of aliphatic imine (C=N–C) groups is 1. The van der Waals surface area contributed by atoms with Gasteiger partial charge in [-0.1, -0.05) is 37.3 Å². The zero-order valence-electron chi connectivity index (χ0n) is 17.2. The summed E-state index contributed by atoms with van der Waals surface area (Å²) < 4.78 is 0. The number of likely N-dealkylation sites (tertiary alicyclic amines) is 1. The summed E-state index contributed by atoms with van der Waals surface area (Å²) in [6, 6.07) is 10.6. The fourth-order valence-corrected chi connectivity index (χ4v) is 3.33.